The van der Waals surface area contributed by atoms with Crippen molar-refractivity contribution in [3.63, 3.8) is 0 Å². The van der Waals surface area contributed by atoms with Gasteiger partial charge in [0.1, 0.15) is 11.4 Å². The SMILES string of the molecule is [2H]OC(=O)CN1CCN(CC(=O)NCCOCCOCCOCCOCCOCCOCCOCCOCCNC(=O)CCOc2ccccc2N(C)C(=O)c2ccc(Cl)c(-c3cnc(C(F)(F)F)cc3C#N)c2)CCN(CC(=O)O[2H])CCN(CC(=O)O[2H])CC1. The number of carbonyl (C=O) groups excluding carboxylic acids is 3. The lowest BCUT2D eigenvalue weighted by molar-refractivity contribution is -0.141. The van der Waals surface area contributed by atoms with Gasteiger partial charge in [-0.2, -0.15) is 18.4 Å². The Morgan fingerprint density at radius 3 is 1.44 bits per heavy atom. The summed E-state index contributed by atoms with van der Waals surface area (Å²) >= 11 is 6.37. The zero-order valence-corrected chi connectivity index (χ0v) is 50.6. The number of alkyl halides is 3. The lowest BCUT2D eigenvalue weighted by Crippen LogP contribution is -2.50. The van der Waals surface area contributed by atoms with Crippen LogP contribution < -0.4 is 20.3 Å². The van der Waals surface area contributed by atoms with Gasteiger partial charge in [-0.1, -0.05) is 23.7 Å². The third-order valence-corrected chi connectivity index (χ3v) is 13.4. The smallest absolute Gasteiger partial charge is 0.433 e. The number of amides is 3. The van der Waals surface area contributed by atoms with Gasteiger partial charge in [-0.15, -0.1) is 0 Å². The maximum absolute atomic E-state index is 13.7. The lowest BCUT2D eigenvalue weighted by Gasteiger charge is -2.32. The number of hydrogen-bond donors (Lipinski definition) is 5. The van der Waals surface area contributed by atoms with E-state index >= 15 is 0 Å². The van der Waals surface area contributed by atoms with E-state index in [1.807, 2.05) is 4.90 Å². The van der Waals surface area contributed by atoms with Crippen molar-refractivity contribution in [2.45, 2.75) is 12.6 Å². The Morgan fingerprint density at radius 2 is 1.01 bits per heavy atom. The van der Waals surface area contributed by atoms with Crippen LogP contribution in [0.2, 0.25) is 5.02 Å². The molecule has 3 aromatic rings. The second-order valence-electron chi connectivity index (χ2n) is 19.7. The molecule has 0 atom stereocenters. The van der Waals surface area contributed by atoms with Gasteiger partial charge in [-0.25, -0.2) is 0 Å². The number of nitrogens with one attached hydrogen (secondary N) is 2. The number of carboxylic acids is 3. The second kappa shape index (κ2) is 43.1. The standard InChI is InChI=1S/C58H81ClF3N9O18/c1-67(57(80)44-6-7-48(59)46(36-44)47-39-66-51(58(60,61)62)37-45(47)38-63)49-4-2-3-5-50(49)89-19-8-52(72)64-9-20-81-22-24-83-26-28-85-30-32-87-34-35-88-33-31-86-29-27-84-25-23-82-21-10-65-53(73)40-68-11-13-69(41-54(74)75)15-17-71(43-56(78)79)18-16-70(14-12-68)42-55(76)77/h2-7,36-37,39H,8-35,40-43H2,1H3,(H,64,72)(H,65,73)(H,74,75)(H,76,77)(H,78,79)/i/hD3. The number of nitriles is 1. The summed E-state index contributed by atoms with van der Waals surface area (Å²) in [4.78, 5) is 86.8. The normalized spacial score (nSPS) is 14.4. The molecule has 0 radical (unpaired) electrons. The van der Waals surface area contributed by atoms with Crippen LogP contribution in [0.1, 0.15) is 28.0 Å². The number of rotatable bonds is 42. The molecule has 31 heteroatoms. The van der Waals surface area contributed by atoms with Gasteiger partial charge in [0, 0.05) is 100 Å². The third-order valence-electron chi connectivity index (χ3n) is 13.0. The van der Waals surface area contributed by atoms with Crippen LogP contribution in [0, 0.1) is 11.3 Å². The average molecular weight is 1290 g/mol. The summed E-state index contributed by atoms with van der Waals surface area (Å²) in [6, 6.07) is 13.3. The molecule has 2 aromatic carbocycles. The van der Waals surface area contributed by atoms with E-state index < -0.39 is 35.7 Å². The Labute approximate surface area is 524 Å². The van der Waals surface area contributed by atoms with Crippen molar-refractivity contribution >= 4 is 52.9 Å². The molecular weight excluding hydrogens is 1200 g/mol. The van der Waals surface area contributed by atoms with Crippen molar-refractivity contribution in [1.82, 2.24) is 35.2 Å². The Bertz CT molecular complexity index is 2720. The molecule has 0 saturated carbocycles. The number of aliphatic carboxylic acids is 3. The van der Waals surface area contributed by atoms with Crippen molar-refractivity contribution in [3.05, 3.63) is 76.6 Å². The van der Waals surface area contributed by atoms with E-state index in [0.29, 0.717) is 136 Å². The maximum Gasteiger partial charge on any atom is 0.433 e. The number of benzene rings is 2. The van der Waals surface area contributed by atoms with Crippen molar-refractivity contribution in [2.24, 2.45) is 0 Å². The first kappa shape index (κ1) is 69.8. The fourth-order valence-electron chi connectivity index (χ4n) is 8.47. The summed E-state index contributed by atoms with van der Waals surface area (Å²) < 4.78 is 111. The minimum atomic E-state index is -4.76. The Morgan fingerprint density at radius 1 is 0.596 bits per heavy atom. The van der Waals surface area contributed by atoms with Gasteiger partial charge in [0.25, 0.3) is 10.2 Å². The van der Waals surface area contributed by atoms with E-state index in [1.54, 1.807) is 45.0 Å². The highest BCUT2D eigenvalue weighted by molar-refractivity contribution is 6.33. The molecule has 4 rings (SSSR count). The van der Waals surface area contributed by atoms with Crippen LogP contribution >= 0.6 is 11.6 Å². The minimum Gasteiger partial charge on any atom is -0.491 e. The number of hydrogen-bond acceptors (Lipinski definition) is 24. The summed E-state index contributed by atoms with van der Waals surface area (Å²) in [6.07, 6.45) is -3.85. The van der Waals surface area contributed by atoms with Gasteiger partial charge in [0.15, 0.2) is 0 Å². The zero-order chi connectivity index (χ0) is 66.8. The highest BCUT2D eigenvalue weighted by Crippen LogP contribution is 2.36. The molecule has 0 spiro atoms. The topological polar surface area (TPSA) is 323 Å². The molecule has 1 aliphatic heterocycles. The van der Waals surface area contributed by atoms with E-state index in [2.05, 4.69) is 30.9 Å². The fourth-order valence-corrected chi connectivity index (χ4v) is 8.69. The number of carboxylic acid groups (broad SMARTS) is 3. The van der Waals surface area contributed by atoms with Gasteiger partial charge in [-0.05, 0) is 36.4 Å². The van der Waals surface area contributed by atoms with Crippen LogP contribution in [0.4, 0.5) is 18.9 Å². The van der Waals surface area contributed by atoms with Crippen LogP contribution in [-0.4, -0.2) is 287 Å². The molecule has 494 valence electrons. The number of halogens is 4. The Balaban J connectivity index is 0.925. The van der Waals surface area contributed by atoms with Crippen LogP contribution in [0.25, 0.3) is 15.4 Å². The summed E-state index contributed by atoms with van der Waals surface area (Å²) in [7, 11) is 1.51. The predicted octanol–water partition coefficient (Wildman–Crippen LogP) is 2.18. The number of anilines is 1. The highest BCUT2D eigenvalue weighted by Gasteiger charge is 2.33. The number of aromatic nitrogens is 1. The van der Waals surface area contributed by atoms with Crippen molar-refractivity contribution in [2.75, 3.05) is 216 Å². The molecule has 1 fully saturated rings. The fraction of sp³-hybridized carbons (Fsp3) is 0.586. The number of para-hydroxylation sites is 2. The minimum absolute atomic E-state index is 0.00242. The van der Waals surface area contributed by atoms with E-state index in [0.717, 1.165) is 6.20 Å². The number of ether oxygens (including phenoxy) is 9. The monoisotopic (exact) mass is 1290 g/mol. The first-order valence-corrected chi connectivity index (χ1v) is 29.1. The lowest BCUT2D eigenvalue weighted by atomic mass is 9.99. The number of nitrogens with zero attached hydrogens (tertiary/aromatic N) is 7. The Hall–Kier alpha value is -6.70. The molecule has 1 saturated heterocycles. The zero-order valence-electron chi connectivity index (χ0n) is 52.8. The van der Waals surface area contributed by atoms with Crippen molar-refractivity contribution < 1.29 is 99.9 Å². The van der Waals surface area contributed by atoms with Crippen LogP contribution in [0.3, 0.4) is 0 Å². The summed E-state index contributed by atoms with van der Waals surface area (Å²) in [5, 5.41) is 27.6. The predicted molar refractivity (Wildman–Crippen MR) is 315 cm³/mol. The van der Waals surface area contributed by atoms with E-state index in [4.69, 9.17) is 58.5 Å². The van der Waals surface area contributed by atoms with Gasteiger partial charge < -0.3 is 73.5 Å². The van der Waals surface area contributed by atoms with Crippen LogP contribution in [-0.2, 0) is 68.0 Å². The summed E-state index contributed by atoms with van der Waals surface area (Å²) in [5.74, 6) is -3.09. The van der Waals surface area contributed by atoms with Gasteiger partial charge in [-0.3, -0.25) is 53.4 Å². The van der Waals surface area contributed by atoms with E-state index in [9.17, 15) is 47.2 Å². The van der Waals surface area contributed by atoms with Crippen molar-refractivity contribution in [3.8, 4) is 22.9 Å². The van der Waals surface area contributed by atoms with E-state index in [1.165, 1.54) is 30.1 Å². The molecule has 1 aliphatic rings. The molecule has 27 nitrogen and oxygen atoms in total. The second-order valence-corrected chi connectivity index (χ2v) is 20.1. The molecule has 3 amide bonds. The van der Waals surface area contributed by atoms with Crippen molar-refractivity contribution in [1.29, 1.82) is 9.56 Å². The maximum atomic E-state index is 13.7. The molecule has 2 heterocycles. The van der Waals surface area contributed by atoms with Gasteiger partial charge in [0.2, 0.25) is 11.8 Å². The Kier molecular flexibility index (Phi) is 33.8. The largest absolute Gasteiger partial charge is 0.491 e. The third kappa shape index (κ3) is 31.5. The summed E-state index contributed by atoms with van der Waals surface area (Å²) in [6.45, 7) is 7.77. The molecule has 5 N–H and O–H groups in total. The van der Waals surface area contributed by atoms with Gasteiger partial charge >= 0.3 is 24.1 Å². The molecule has 0 bridgehead atoms. The van der Waals surface area contributed by atoms with Crippen LogP contribution in [0.5, 0.6) is 5.75 Å². The molecular formula is C58H81ClF3N9O18. The van der Waals surface area contributed by atoms with E-state index in [-0.39, 0.29) is 131 Å². The molecule has 89 heavy (non-hydrogen) atoms. The van der Waals surface area contributed by atoms with Gasteiger partial charge in [0.05, 0.1) is 162 Å². The van der Waals surface area contributed by atoms with Crippen LogP contribution in [0.15, 0.2) is 54.7 Å². The quantitative estimate of drug-likeness (QED) is 0.0508. The summed E-state index contributed by atoms with van der Waals surface area (Å²) in [5.41, 5.74) is -0.877. The first-order valence-electron chi connectivity index (χ1n) is 30.0. The highest BCUT2D eigenvalue weighted by atomic mass is 35.5. The average Bonchev–Trinajstić information content (AvgIpc) is 0.950. The number of carbonyl (C=O) groups is 6. The number of pyridine rings is 1. The molecule has 0 aliphatic carbocycles. The molecule has 1 aromatic heterocycles. The molecule has 0 unspecified atom stereocenters. The first-order chi connectivity index (χ1) is 44.4.